The van der Waals surface area contributed by atoms with Gasteiger partial charge in [-0.3, -0.25) is 0 Å². The highest BCUT2D eigenvalue weighted by Crippen LogP contribution is 2.12. The lowest BCUT2D eigenvalue weighted by molar-refractivity contribution is 0.384. The zero-order valence-corrected chi connectivity index (χ0v) is 11.5. The first-order valence-electron chi connectivity index (χ1n) is 7.05. The van der Waals surface area contributed by atoms with Crippen molar-refractivity contribution in [3.8, 4) is 0 Å². The van der Waals surface area contributed by atoms with Crippen LogP contribution in [0, 0.1) is 0 Å². The summed E-state index contributed by atoms with van der Waals surface area (Å²) in [6.45, 7) is 4.32. The van der Waals surface area contributed by atoms with Crippen molar-refractivity contribution in [3.63, 3.8) is 0 Å². The van der Waals surface area contributed by atoms with Gasteiger partial charge in [-0.2, -0.15) is 0 Å². The molecular weight excluding hydrogens is 224 g/mol. The van der Waals surface area contributed by atoms with Crippen LogP contribution in [0.25, 0.3) is 0 Å². The van der Waals surface area contributed by atoms with Crippen molar-refractivity contribution in [2.24, 2.45) is 0 Å². The molecule has 2 heterocycles. The summed E-state index contributed by atoms with van der Waals surface area (Å²) in [7, 11) is 2.07. The van der Waals surface area contributed by atoms with Crippen LogP contribution in [0.15, 0.2) is 12.4 Å². The standard InChI is InChI=1S/C14H24N4/c1-3-12-10-16-14(17-11-12)18(2)9-7-13-6-4-5-8-15-13/h10-11,13,15H,3-9H2,1-2H3. The van der Waals surface area contributed by atoms with Gasteiger partial charge in [-0.1, -0.05) is 13.3 Å². The summed E-state index contributed by atoms with van der Waals surface area (Å²) in [5.41, 5.74) is 1.20. The van der Waals surface area contributed by atoms with Gasteiger partial charge in [0.1, 0.15) is 0 Å². The molecule has 18 heavy (non-hydrogen) atoms. The summed E-state index contributed by atoms with van der Waals surface area (Å²) in [6, 6.07) is 0.677. The summed E-state index contributed by atoms with van der Waals surface area (Å²) in [4.78, 5) is 11.0. The smallest absolute Gasteiger partial charge is 0.224 e. The molecule has 0 bridgehead atoms. The van der Waals surface area contributed by atoms with Crippen LogP contribution in [0.5, 0.6) is 0 Å². The quantitative estimate of drug-likeness (QED) is 0.865. The third-order valence-corrected chi connectivity index (χ3v) is 3.67. The molecule has 1 atom stereocenters. The molecule has 1 aromatic rings. The van der Waals surface area contributed by atoms with Gasteiger partial charge < -0.3 is 10.2 Å². The van der Waals surface area contributed by atoms with E-state index in [2.05, 4.69) is 34.2 Å². The fourth-order valence-corrected chi connectivity index (χ4v) is 2.35. The van der Waals surface area contributed by atoms with Crippen LogP contribution in [-0.4, -0.2) is 36.1 Å². The highest BCUT2D eigenvalue weighted by molar-refractivity contribution is 5.28. The van der Waals surface area contributed by atoms with E-state index in [0.717, 1.165) is 18.9 Å². The predicted molar refractivity (Wildman–Crippen MR) is 74.9 cm³/mol. The zero-order valence-electron chi connectivity index (χ0n) is 11.5. The molecule has 4 heteroatoms. The van der Waals surface area contributed by atoms with E-state index in [0.29, 0.717) is 6.04 Å². The predicted octanol–water partition coefficient (Wildman–Crippen LogP) is 2.01. The Morgan fingerprint density at radius 3 is 2.72 bits per heavy atom. The number of piperidine rings is 1. The number of aryl methyl sites for hydroxylation is 1. The molecule has 1 saturated heterocycles. The molecule has 100 valence electrons. The molecule has 0 saturated carbocycles. The minimum atomic E-state index is 0.677. The Labute approximate surface area is 110 Å². The van der Waals surface area contributed by atoms with Crippen LogP contribution >= 0.6 is 0 Å². The van der Waals surface area contributed by atoms with Gasteiger partial charge in [0.05, 0.1) is 0 Å². The van der Waals surface area contributed by atoms with Gasteiger partial charge in [0, 0.05) is 32.0 Å². The number of nitrogens with one attached hydrogen (secondary N) is 1. The van der Waals surface area contributed by atoms with Crippen LogP contribution in [0.4, 0.5) is 5.95 Å². The Morgan fingerprint density at radius 2 is 2.11 bits per heavy atom. The summed E-state index contributed by atoms with van der Waals surface area (Å²) in [5.74, 6) is 0.836. The summed E-state index contributed by atoms with van der Waals surface area (Å²) < 4.78 is 0. The van der Waals surface area contributed by atoms with E-state index in [4.69, 9.17) is 0 Å². The molecule has 4 nitrogen and oxygen atoms in total. The second-order valence-electron chi connectivity index (χ2n) is 5.10. The van der Waals surface area contributed by atoms with Crippen LogP contribution in [0.2, 0.25) is 0 Å². The summed E-state index contributed by atoms with van der Waals surface area (Å²) in [5, 5.41) is 3.58. The van der Waals surface area contributed by atoms with Gasteiger partial charge in [-0.05, 0) is 37.8 Å². The Morgan fingerprint density at radius 1 is 1.33 bits per heavy atom. The maximum absolute atomic E-state index is 4.41. The lowest BCUT2D eigenvalue weighted by atomic mass is 10.0. The minimum Gasteiger partial charge on any atom is -0.344 e. The van der Waals surface area contributed by atoms with Gasteiger partial charge in [0.25, 0.3) is 0 Å². The minimum absolute atomic E-state index is 0.677. The van der Waals surface area contributed by atoms with Crippen molar-refractivity contribution >= 4 is 5.95 Å². The molecule has 1 aliphatic heterocycles. The van der Waals surface area contributed by atoms with Crippen molar-refractivity contribution in [3.05, 3.63) is 18.0 Å². The average Bonchev–Trinajstić information content (AvgIpc) is 2.46. The Bertz CT molecular complexity index is 343. The molecule has 0 radical (unpaired) electrons. The first-order valence-corrected chi connectivity index (χ1v) is 7.05. The lowest BCUT2D eigenvalue weighted by Gasteiger charge is -2.26. The molecule has 1 aromatic heterocycles. The van der Waals surface area contributed by atoms with E-state index in [-0.39, 0.29) is 0 Å². The number of nitrogens with zero attached hydrogens (tertiary/aromatic N) is 3. The Balaban J connectivity index is 1.80. The molecule has 1 unspecified atom stereocenters. The van der Waals surface area contributed by atoms with Gasteiger partial charge in [0.2, 0.25) is 5.95 Å². The Hall–Kier alpha value is -1.16. The van der Waals surface area contributed by atoms with Gasteiger partial charge >= 0.3 is 0 Å². The molecule has 0 amide bonds. The largest absolute Gasteiger partial charge is 0.344 e. The van der Waals surface area contributed by atoms with E-state index in [1.165, 1.54) is 37.8 Å². The van der Waals surface area contributed by atoms with E-state index in [1.54, 1.807) is 0 Å². The van der Waals surface area contributed by atoms with Crippen LogP contribution in [0.3, 0.4) is 0 Å². The van der Waals surface area contributed by atoms with Crippen molar-refractivity contribution in [2.45, 2.75) is 45.1 Å². The van der Waals surface area contributed by atoms with E-state index in [9.17, 15) is 0 Å². The number of rotatable bonds is 5. The molecule has 2 rings (SSSR count). The van der Waals surface area contributed by atoms with Crippen LogP contribution in [0.1, 0.15) is 38.2 Å². The zero-order chi connectivity index (χ0) is 12.8. The molecule has 0 aromatic carbocycles. The fraction of sp³-hybridized carbons (Fsp3) is 0.714. The number of hydrogen-bond donors (Lipinski definition) is 1. The summed E-state index contributed by atoms with van der Waals surface area (Å²) >= 11 is 0. The van der Waals surface area contributed by atoms with Crippen molar-refractivity contribution in [2.75, 3.05) is 25.0 Å². The van der Waals surface area contributed by atoms with Gasteiger partial charge in [-0.25, -0.2) is 9.97 Å². The fourth-order valence-electron chi connectivity index (χ4n) is 2.35. The normalized spacial score (nSPS) is 19.8. The molecule has 0 aliphatic carbocycles. The molecule has 1 N–H and O–H groups in total. The van der Waals surface area contributed by atoms with Crippen molar-refractivity contribution in [1.29, 1.82) is 0 Å². The van der Waals surface area contributed by atoms with Crippen molar-refractivity contribution in [1.82, 2.24) is 15.3 Å². The average molecular weight is 248 g/mol. The Kier molecular flexibility index (Phi) is 4.93. The first-order chi connectivity index (χ1) is 8.79. The van der Waals surface area contributed by atoms with E-state index >= 15 is 0 Å². The monoisotopic (exact) mass is 248 g/mol. The van der Waals surface area contributed by atoms with Crippen molar-refractivity contribution < 1.29 is 0 Å². The van der Waals surface area contributed by atoms with E-state index in [1.807, 2.05) is 12.4 Å². The van der Waals surface area contributed by atoms with Gasteiger partial charge in [-0.15, -0.1) is 0 Å². The first kappa shape index (κ1) is 13.3. The topological polar surface area (TPSA) is 41.1 Å². The SMILES string of the molecule is CCc1cnc(N(C)CCC2CCCCN2)nc1. The summed E-state index contributed by atoms with van der Waals surface area (Å²) in [6.07, 6.45) is 10.0. The van der Waals surface area contributed by atoms with Crippen LogP contribution < -0.4 is 10.2 Å². The highest BCUT2D eigenvalue weighted by Gasteiger charge is 2.13. The lowest BCUT2D eigenvalue weighted by Crippen LogP contribution is -2.37. The van der Waals surface area contributed by atoms with Gasteiger partial charge in [0.15, 0.2) is 0 Å². The molecule has 1 aliphatic rings. The third kappa shape index (κ3) is 3.67. The molecule has 1 fully saturated rings. The third-order valence-electron chi connectivity index (χ3n) is 3.67. The maximum Gasteiger partial charge on any atom is 0.224 e. The number of aromatic nitrogens is 2. The second-order valence-corrected chi connectivity index (χ2v) is 5.10. The number of hydrogen-bond acceptors (Lipinski definition) is 4. The van der Waals surface area contributed by atoms with E-state index < -0.39 is 0 Å². The maximum atomic E-state index is 4.41. The second kappa shape index (κ2) is 6.69. The van der Waals surface area contributed by atoms with Crippen LogP contribution in [-0.2, 0) is 6.42 Å². The highest BCUT2D eigenvalue weighted by atomic mass is 15.2. The number of anilines is 1. The molecular formula is C14H24N4. The molecule has 0 spiro atoms.